The number of nitrogens with two attached hydrogens (primary N) is 1. The van der Waals surface area contributed by atoms with Crippen molar-refractivity contribution < 1.29 is 21.6 Å². The molecule has 0 unspecified atom stereocenters. The van der Waals surface area contributed by atoms with Crippen LogP contribution >= 0.6 is 0 Å². The first kappa shape index (κ1) is 15.4. The van der Waals surface area contributed by atoms with Gasteiger partial charge in [-0.05, 0) is 29.8 Å². The maximum Gasteiger partial charge on any atom is 0.417 e. The molecule has 0 aromatic heterocycles. The van der Waals surface area contributed by atoms with E-state index in [2.05, 4.69) is 0 Å². The third-order valence-electron chi connectivity index (χ3n) is 2.84. The van der Waals surface area contributed by atoms with Crippen LogP contribution in [0.5, 0.6) is 0 Å². The highest BCUT2D eigenvalue weighted by Crippen LogP contribution is 2.35. The number of halogens is 3. The quantitative estimate of drug-likeness (QED) is 0.884. The highest BCUT2D eigenvalue weighted by Gasteiger charge is 2.36. The van der Waals surface area contributed by atoms with Gasteiger partial charge in [0, 0.05) is 5.69 Å². The lowest BCUT2D eigenvalue weighted by atomic mass is 10.2. The van der Waals surface area contributed by atoms with E-state index in [1.165, 1.54) is 18.2 Å². The zero-order chi connectivity index (χ0) is 15.7. The van der Waals surface area contributed by atoms with Crippen LogP contribution in [0.15, 0.2) is 53.4 Å². The molecule has 112 valence electrons. The Morgan fingerprint density at radius 2 is 1.67 bits per heavy atom. The topological polar surface area (TPSA) is 60.2 Å². The van der Waals surface area contributed by atoms with Crippen molar-refractivity contribution in [3.63, 3.8) is 0 Å². The Morgan fingerprint density at radius 1 is 1.00 bits per heavy atom. The SMILES string of the molecule is Nc1cccc(CS(=O)(=O)c2ccccc2C(F)(F)F)c1. The first-order valence-corrected chi connectivity index (χ1v) is 7.59. The number of alkyl halides is 3. The summed E-state index contributed by atoms with van der Waals surface area (Å²) in [5, 5.41) is 0. The minimum absolute atomic E-state index is 0.340. The molecule has 0 aliphatic heterocycles. The van der Waals surface area contributed by atoms with Gasteiger partial charge in [-0.25, -0.2) is 8.42 Å². The average molecular weight is 315 g/mol. The fourth-order valence-corrected chi connectivity index (χ4v) is 3.53. The van der Waals surface area contributed by atoms with Crippen LogP contribution in [-0.2, 0) is 21.8 Å². The molecule has 0 heterocycles. The molecular weight excluding hydrogens is 303 g/mol. The predicted molar refractivity (Wildman–Crippen MR) is 73.2 cm³/mol. The number of rotatable bonds is 3. The Balaban J connectivity index is 2.46. The molecule has 7 heteroatoms. The van der Waals surface area contributed by atoms with E-state index in [1.807, 2.05) is 0 Å². The second-order valence-corrected chi connectivity index (χ2v) is 6.46. The largest absolute Gasteiger partial charge is 0.417 e. The van der Waals surface area contributed by atoms with Crippen molar-refractivity contribution in [2.45, 2.75) is 16.8 Å². The zero-order valence-electron chi connectivity index (χ0n) is 10.8. The van der Waals surface area contributed by atoms with Crippen molar-refractivity contribution in [1.82, 2.24) is 0 Å². The molecule has 2 aromatic carbocycles. The van der Waals surface area contributed by atoms with E-state index in [9.17, 15) is 21.6 Å². The van der Waals surface area contributed by atoms with Crippen LogP contribution in [0.2, 0.25) is 0 Å². The second kappa shape index (κ2) is 5.40. The molecule has 2 N–H and O–H groups in total. The summed E-state index contributed by atoms with van der Waals surface area (Å²) in [5.41, 5.74) is 5.08. The fourth-order valence-electron chi connectivity index (χ4n) is 1.95. The van der Waals surface area contributed by atoms with Crippen molar-refractivity contribution in [3.8, 4) is 0 Å². The number of sulfone groups is 1. The van der Waals surface area contributed by atoms with Crippen LogP contribution in [0.1, 0.15) is 11.1 Å². The second-order valence-electron chi connectivity index (χ2n) is 4.50. The summed E-state index contributed by atoms with van der Waals surface area (Å²) in [6.07, 6.45) is -4.72. The minimum atomic E-state index is -4.72. The average Bonchev–Trinajstić information content (AvgIpc) is 2.37. The molecule has 0 saturated heterocycles. The van der Waals surface area contributed by atoms with Gasteiger partial charge in [-0.3, -0.25) is 0 Å². The van der Waals surface area contributed by atoms with Crippen LogP contribution in [-0.4, -0.2) is 8.42 Å². The summed E-state index contributed by atoms with van der Waals surface area (Å²) in [5.74, 6) is -0.537. The molecule has 0 amide bonds. The van der Waals surface area contributed by atoms with E-state index in [4.69, 9.17) is 5.73 Å². The summed E-state index contributed by atoms with van der Waals surface area (Å²) >= 11 is 0. The van der Waals surface area contributed by atoms with Gasteiger partial charge in [-0.1, -0.05) is 24.3 Å². The van der Waals surface area contributed by atoms with E-state index in [0.717, 1.165) is 18.2 Å². The molecule has 2 rings (SSSR count). The number of anilines is 1. The number of hydrogen-bond acceptors (Lipinski definition) is 3. The number of nitrogen functional groups attached to an aromatic ring is 1. The molecule has 0 bridgehead atoms. The first-order valence-electron chi connectivity index (χ1n) is 5.93. The van der Waals surface area contributed by atoms with Crippen LogP contribution in [0, 0.1) is 0 Å². The van der Waals surface area contributed by atoms with Gasteiger partial charge in [0.25, 0.3) is 0 Å². The Hall–Kier alpha value is -2.02. The van der Waals surface area contributed by atoms with Gasteiger partial charge in [0.2, 0.25) is 0 Å². The maximum atomic E-state index is 12.9. The standard InChI is InChI=1S/C14H12F3NO2S/c15-14(16,17)12-6-1-2-7-13(12)21(19,20)9-10-4-3-5-11(18)8-10/h1-8H,9,18H2. The normalized spacial score (nSPS) is 12.3. The Bertz CT molecular complexity index is 755. The van der Waals surface area contributed by atoms with Gasteiger partial charge >= 0.3 is 6.18 Å². The molecule has 0 radical (unpaired) electrons. The molecule has 0 saturated carbocycles. The third-order valence-corrected chi connectivity index (χ3v) is 4.57. The van der Waals surface area contributed by atoms with E-state index in [-0.39, 0.29) is 0 Å². The van der Waals surface area contributed by atoms with E-state index < -0.39 is 32.2 Å². The van der Waals surface area contributed by atoms with Crippen LogP contribution < -0.4 is 5.73 Å². The molecule has 3 nitrogen and oxygen atoms in total. The first-order chi connectivity index (χ1) is 9.70. The smallest absolute Gasteiger partial charge is 0.399 e. The summed E-state index contributed by atoms with van der Waals surface area (Å²) in [6, 6.07) is 10.2. The van der Waals surface area contributed by atoms with Crippen LogP contribution in [0.3, 0.4) is 0 Å². The molecule has 21 heavy (non-hydrogen) atoms. The predicted octanol–water partition coefficient (Wildman–Crippen LogP) is 3.26. The highest BCUT2D eigenvalue weighted by atomic mass is 32.2. The van der Waals surface area contributed by atoms with Gasteiger partial charge in [0.15, 0.2) is 9.84 Å². The van der Waals surface area contributed by atoms with E-state index in [1.54, 1.807) is 12.1 Å². The molecular formula is C14H12F3NO2S. The van der Waals surface area contributed by atoms with Crippen LogP contribution in [0.25, 0.3) is 0 Å². The molecule has 0 aliphatic carbocycles. The number of benzene rings is 2. The van der Waals surface area contributed by atoms with E-state index in [0.29, 0.717) is 11.3 Å². The lowest BCUT2D eigenvalue weighted by Crippen LogP contribution is -2.14. The van der Waals surface area contributed by atoms with Gasteiger partial charge in [-0.15, -0.1) is 0 Å². The summed E-state index contributed by atoms with van der Waals surface area (Å²) in [6.45, 7) is 0. The molecule has 2 aromatic rings. The van der Waals surface area contributed by atoms with Gasteiger partial charge in [0.05, 0.1) is 16.2 Å². The maximum absolute atomic E-state index is 12.9. The lowest BCUT2D eigenvalue weighted by molar-refractivity contribution is -0.139. The summed E-state index contributed by atoms with van der Waals surface area (Å²) < 4.78 is 63.2. The van der Waals surface area contributed by atoms with Gasteiger partial charge < -0.3 is 5.73 Å². The van der Waals surface area contributed by atoms with Crippen molar-refractivity contribution >= 4 is 15.5 Å². The summed E-state index contributed by atoms with van der Waals surface area (Å²) in [7, 11) is -4.12. The van der Waals surface area contributed by atoms with Crippen molar-refractivity contribution in [3.05, 3.63) is 59.7 Å². The molecule has 0 atom stereocenters. The Kier molecular flexibility index (Phi) is 3.95. The van der Waals surface area contributed by atoms with Crippen molar-refractivity contribution in [2.24, 2.45) is 0 Å². The lowest BCUT2D eigenvalue weighted by Gasteiger charge is -2.13. The zero-order valence-corrected chi connectivity index (χ0v) is 11.6. The Morgan fingerprint density at radius 3 is 2.29 bits per heavy atom. The fraction of sp³-hybridized carbons (Fsp3) is 0.143. The van der Waals surface area contributed by atoms with Gasteiger partial charge in [-0.2, -0.15) is 13.2 Å². The van der Waals surface area contributed by atoms with Gasteiger partial charge in [0.1, 0.15) is 0 Å². The van der Waals surface area contributed by atoms with Crippen LogP contribution in [0.4, 0.5) is 18.9 Å². The summed E-state index contributed by atoms with van der Waals surface area (Å²) in [4.78, 5) is -0.722. The van der Waals surface area contributed by atoms with E-state index >= 15 is 0 Å². The third kappa shape index (κ3) is 3.55. The molecule has 0 spiro atoms. The highest BCUT2D eigenvalue weighted by molar-refractivity contribution is 7.90. The molecule has 0 fully saturated rings. The number of hydrogen-bond donors (Lipinski definition) is 1. The van der Waals surface area contributed by atoms with Crippen molar-refractivity contribution in [2.75, 3.05) is 5.73 Å². The monoisotopic (exact) mass is 315 g/mol. The van der Waals surface area contributed by atoms with Crippen molar-refractivity contribution in [1.29, 1.82) is 0 Å². The minimum Gasteiger partial charge on any atom is -0.399 e. The molecule has 0 aliphatic rings. The Labute approximate surface area is 120 Å².